The Labute approximate surface area is 498 Å². The average Bonchev–Trinajstić information content (AvgIpc) is 3.49. The van der Waals surface area contributed by atoms with E-state index in [1.54, 1.807) is 0 Å². The van der Waals surface area contributed by atoms with Crippen LogP contribution in [0.3, 0.4) is 0 Å². The van der Waals surface area contributed by atoms with Crippen molar-refractivity contribution in [3.8, 4) is 0 Å². The lowest BCUT2D eigenvalue weighted by Crippen LogP contribution is -2.64. The van der Waals surface area contributed by atoms with Gasteiger partial charge in [0.25, 0.3) is 0 Å². The summed E-state index contributed by atoms with van der Waals surface area (Å²) in [6.45, 7) is 9.20. The van der Waals surface area contributed by atoms with E-state index in [9.17, 15) is 53.1 Å². The third-order valence-electron chi connectivity index (χ3n) is 13.4. The van der Waals surface area contributed by atoms with Gasteiger partial charge >= 0.3 is 42.0 Å². The number of ether oxygens (including phenoxy) is 11. The van der Waals surface area contributed by atoms with Crippen LogP contribution >= 0.6 is 0 Å². The number of esters is 5. The molecule has 85 heavy (non-hydrogen) atoms. The minimum Gasteiger partial charge on any atom is -0.463 e. The van der Waals surface area contributed by atoms with Crippen LogP contribution in [0.5, 0.6) is 0 Å². The number of rotatable bonds is 43. The Hall–Kier alpha value is -5.98. The molecule has 5 amide bonds. The molecule has 2 aliphatic rings. The fourth-order valence-electron chi connectivity index (χ4n) is 9.35. The molecule has 0 aromatic heterocycles. The largest absolute Gasteiger partial charge is 0.463 e. The van der Waals surface area contributed by atoms with E-state index in [0.717, 1.165) is 44.9 Å². The van der Waals surface area contributed by atoms with Crippen LogP contribution < -0.4 is 38.1 Å². The molecule has 10 unspecified atom stereocenters. The highest BCUT2D eigenvalue weighted by molar-refractivity contribution is 5.76. The normalized spacial score (nSPS) is 21.6. The van der Waals surface area contributed by atoms with Crippen molar-refractivity contribution in [2.45, 2.75) is 224 Å². The minimum atomic E-state index is -1.15. The highest BCUT2D eigenvalue weighted by Gasteiger charge is 2.49. The van der Waals surface area contributed by atoms with Gasteiger partial charge in [-0.15, -0.1) is 0 Å². The van der Waals surface area contributed by atoms with Crippen molar-refractivity contribution < 1.29 is 105 Å². The quantitative estimate of drug-likeness (QED) is 0.0246. The molecule has 2 rings (SSSR count). The first-order valence-electron chi connectivity index (χ1n) is 29.6. The van der Waals surface area contributed by atoms with E-state index in [1.165, 1.54) is 41.5 Å². The fraction of sp³-hybridized carbons (Fsp3) is 0.821. The number of hydrogen-bond donors (Lipinski definition) is 8. The Balaban J connectivity index is 1.51. The number of carbonyl (C=O) groups is 10. The lowest BCUT2D eigenvalue weighted by atomic mass is 9.85. The molecule has 2 saturated heterocycles. The first-order valence-corrected chi connectivity index (χ1v) is 29.6. The number of nitrogens with one attached hydrogen (secondary N) is 5. The number of alkyl carbamates (subject to hydrolysis) is 2. The van der Waals surface area contributed by atoms with Crippen molar-refractivity contribution in [2.24, 2.45) is 11.5 Å². The summed E-state index contributed by atoms with van der Waals surface area (Å²) in [6.07, 6.45) is 2.50. The number of aliphatic hydroxyl groups is 1. The second kappa shape index (κ2) is 43.6. The maximum Gasteiger partial charge on any atom is 0.407 e. The van der Waals surface area contributed by atoms with Crippen LogP contribution in [0.1, 0.15) is 164 Å². The Morgan fingerprint density at radius 3 is 1.44 bits per heavy atom. The summed E-state index contributed by atoms with van der Waals surface area (Å²) in [7, 11) is 0. The zero-order valence-corrected chi connectivity index (χ0v) is 50.6. The first kappa shape index (κ1) is 75.1. The maximum absolute atomic E-state index is 12.5. The van der Waals surface area contributed by atoms with Crippen molar-refractivity contribution in [1.29, 1.82) is 0 Å². The molecule has 2 heterocycles. The van der Waals surface area contributed by atoms with Gasteiger partial charge in [-0.3, -0.25) is 38.4 Å². The summed E-state index contributed by atoms with van der Waals surface area (Å²) >= 11 is 0. The Bertz CT molecular complexity index is 2040. The average molecular weight is 1220 g/mol. The summed E-state index contributed by atoms with van der Waals surface area (Å²) in [5.41, 5.74) is 12.3. The predicted molar refractivity (Wildman–Crippen MR) is 301 cm³/mol. The second-order valence-electron chi connectivity index (χ2n) is 21.1. The molecule has 10 N–H and O–H groups in total. The van der Waals surface area contributed by atoms with Crippen molar-refractivity contribution in [1.82, 2.24) is 26.6 Å². The van der Waals surface area contributed by atoms with E-state index >= 15 is 0 Å². The van der Waals surface area contributed by atoms with Gasteiger partial charge in [-0.1, -0.05) is 25.7 Å². The van der Waals surface area contributed by atoms with Gasteiger partial charge in [0.2, 0.25) is 17.7 Å². The smallest absolute Gasteiger partial charge is 0.407 e. The van der Waals surface area contributed by atoms with Crippen LogP contribution in [0.2, 0.25) is 0 Å². The maximum atomic E-state index is 12.5. The molecule has 0 saturated carbocycles. The molecule has 0 aliphatic carbocycles. The molecule has 10 atom stereocenters. The Kier molecular flexibility index (Phi) is 38.5. The third-order valence-corrected chi connectivity index (χ3v) is 13.4. The van der Waals surface area contributed by atoms with E-state index < -0.39 is 103 Å². The zero-order valence-electron chi connectivity index (χ0n) is 50.6. The van der Waals surface area contributed by atoms with Crippen LogP contribution in [0.25, 0.3) is 0 Å². The number of carbonyl (C=O) groups excluding carboxylic acids is 10. The molecule has 29 heteroatoms. The molecule has 0 radical (unpaired) electrons. The summed E-state index contributed by atoms with van der Waals surface area (Å²) in [5.74, 6) is -3.74. The van der Waals surface area contributed by atoms with E-state index in [2.05, 4.69) is 26.6 Å². The van der Waals surface area contributed by atoms with Crippen LogP contribution in [0, 0.1) is 0 Å². The minimum absolute atomic E-state index is 0.0231. The number of amides is 5. The summed E-state index contributed by atoms with van der Waals surface area (Å²) < 4.78 is 60.4. The Morgan fingerprint density at radius 1 is 0.506 bits per heavy atom. The van der Waals surface area contributed by atoms with Crippen LogP contribution in [-0.4, -0.2) is 198 Å². The van der Waals surface area contributed by atoms with Gasteiger partial charge in [0.1, 0.15) is 31.5 Å². The summed E-state index contributed by atoms with van der Waals surface area (Å²) in [4.78, 5) is 120. The Morgan fingerprint density at radius 2 is 0.965 bits per heavy atom. The third kappa shape index (κ3) is 35.3. The lowest BCUT2D eigenvalue weighted by Gasteiger charge is -2.43. The first-order chi connectivity index (χ1) is 40.5. The van der Waals surface area contributed by atoms with E-state index in [1.807, 2.05) is 0 Å². The molecular formula is C56H97N7O22. The molecule has 0 aromatic carbocycles. The van der Waals surface area contributed by atoms with Gasteiger partial charge in [0.05, 0.1) is 38.6 Å². The lowest BCUT2D eigenvalue weighted by molar-refractivity contribution is -0.274. The van der Waals surface area contributed by atoms with E-state index in [-0.39, 0.29) is 83.2 Å². The molecule has 0 aromatic rings. The highest BCUT2D eigenvalue weighted by Crippen LogP contribution is 2.28. The topological polar surface area (TPSA) is 405 Å². The monoisotopic (exact) mass is 1220 g/mol. The molecule has 2 aliphatic heterocycles. The second-order valence-corrected chi connectivity index (χ2v) is 21.1. The molecule has 0 bridgehead atoms. The van der Waals surface area contributed by atoms with Gasteiger partial charge in [-0.25, -0.2) is 9.59 Å². The highest BCUT2D eigenvalue weighted by atomic mass is 16.7. The summed E-state index contributed by atoms with van der Waals surface area (Å²) in [5, 5.41) is 23.4. The van der Waals surface area contributed by atoms with Crippen LogP contribution in [0.4, 0.5) is 9.59 Å². The number of nitrogens with two attached hydrogens (primary N) is 2. The van der Waals surface area contributed by atoms with Gasteiger partial charge in [0, 0.05) is 99.1 Å². The number of aliphatic hydroxyl groups excluding tert-OH is 1. The van der Waals surface area contributed by atoms with Crippen LogP contribution in [0.15, 0.2) is 0 Å². The predicted octanol–water partition coefficient (Wildman–Crippen LogP) is 2.01. The van der Waals surface area contributed by atoms with E-state index in [4.69, 9.17) is 63.6 Å². The standard InChI is InChI=1S/C56H97N7O22/c1-37(65)63-49-44(81-40(4)68)34-43(35-79-38(2)66)84-53(49)76-31-16-21-47(72)60-26-12-8-10-14-28-62-55(74)78-33-19-24-56(58,22-17-29-64)23-18-32-77-54(73)61-27-13-9-7-11-25-59-46(71)20-15-30-75-52-48(57)51(83-42(6)70)50(82-41(5)69)45(85-52)36-80-39(3)67/h43-45,48-53,64H,7-36,57-58H2,1-6H3,(H,59,71)(H,60,72)(H,61,73)(H,62,74)(H,63,65). The van der Waals surface area contributed by atoms with Crippen molar-refractivity contribution in [3.63, 3.8) is 0 Å². The molecule has 29 nitrogen and oxygen atoms in total. The van der Waals surface area contributed by atoms with Crippen LogP contribution in [-0.2, 0) is 90.5 Å². The zero-order chi connectivity index (χ0) is 63.0. The molecule has 2 fully saturated rings. The van der Waals surface area contributed by atoms with Gasteiger partial charge in [0.15, 0.2) is 24.8 Å². The molecular weight excluding hydrogens is 1120 g/mol. The molecule has 488 valence electrons. The SMILES string of the molecule is CC(=O)NC1C(OC(C)=O)CC(COC(C)=O)OC1OCCCC(=O)NCCCCCCNC(=O)OCCCC(N)(CCCO)CCCOC(=O)NCCCCCCNC(=O)CCCOC1OC(COC(C)=O)C(OC(C)=O)C(OC(C)=O)C1N. The van der Waals surface area contributed by atoms with Gasteiger partial charge < -0.3 is 95.3 Å². The van der Waals surface area contributed by atoms with Gasteiger partial charge in [-0.05, 0) is 77.0 Å². The number of hydrogen-bond acceptors (Lipinski definition) is 24. The van der Waals surface area contributed by atoms with Crippen molar-refractivity contribution in [2.75, 3.05) is 72.4 Å². The van der Waals surface area contributed by atoms with Crippen molar-refractivity contribution in [3.05, 3.63) is 0 Å². The van der Waals surface area contributed by atoms with E-state index in [0.29, 0.717) is 84.0 Å². The van der Waals surface area contributed by atoms with Crippen molar-refractivity contribution >= 4 is 59.8 Å². The fourth-order valence-corrected chi connectivity index (χ4v) is 9.35. The number of unbranched alkanes of at least 4 members (excludes halogenated alkanes) is 6. The van der Waals surface area contributed by atoms with Gasteiger partial charge in [-0.2, -0.15) is 0 Å². The molecule has 0 spiro atoms. The summed E-state index contributed by atoms with van der Waals surface area (Å²) in [6, 6.07) is -1.87.